The predicted molar refractivity (Wildman–Crippen MR) is 92.7 cm³/mol. The van der Waals surface area contributed by atoms with Gasteiger partial charge in [-0.25, -0.2) is 4.98 Å². The quantitative estimate of drug-likeness (QED) is 0.920. The van der Waals surface area contributed by atoms with Crippen LogP contribution in [0.15, 0.2) is 24.5 Å². The highest BCUT2D eigenvalue weighted by Crippen LogP contribution is 2.60. The van der Waals surface area contributed by atoms with Crippen molar-refractivity contribution in [3.05, 3.63) is 35.2 Å². The molecule has 2 heterocycles. The number of aromatic nitrogens is 2. The first-order valence-electron chi connectivity index (χ1n) is 9.01. The van der Waals surface area contributed by atoms with Gasteiger partial charge < -0.3 is 9.72 Å². The summed E-state index contributed by atoms with van der Waals surface area (Å²) >= 11 is 6.01. The van der Waals surface area contributed by atoms with Gasteiger partial charge in [0.1, 0.15) is 5.65 Å². The molecule has 126 valence electrons. The highest BCUT2D eigenvalue weighted by Gasteiger charge is 2.54. The lowest BCUT2D eigenvalue weighted by atomic mass is 9.49. The van der Waals surface area contributed by atoms with Crippen molar-refractivity contribution in [2.24, 2.45) is 23.2 Å². The maximum absolute atomic E-state index is 13.0. The van der Waals surface area contributed by atoms with E-state index in [4.69, 9.17) is 11.6 Å². The lowest BCUT2D eigenvalue weighted by molar-refractivity contribution is -0.146. The zero-order valence-corrected chi connectivity index (χ0v) is 14.4. The molecule has 5 heteroatoms. The molecule has 4 aliphatic carbocycles. The van der Waals surface area contributed by atoms with Crippen LogP contribution < -0.4 is 5.32 Å². The molecule has 0 aliphatic heterocycles. The zero-order valence-electron chi connectivity index (χ0n) is 13.7. The molecule has 6 rings (SSSR count). The van der Waals surface area contributed by atoms with Crippen LogP contribution in [0.1, 0.15) is 44.2 Å². The second-order valence-corrected chi connectivity index (χ2v) is 8.66. The van der Waals surface area contributed by atoms with Crippen LogP contribution in [0, 0.1) is 23.2 Å². The normalized spacial score (nSPS) is 34.0. The van der Waals surface area contributed by atoms with Crippen LogP contribution >= 0.6 is 11.6 Å². The molecule has 4 bridgehead atoms. The number of carbonyl (C=O) groups is 1. The summed E-state index contributed by atoms with van der Waals surface area (Å²) in [6.07, 6.45) is 11.2. The largest absolute Gasteiger partial charge is 0.350 e. The number of carbonyl (C=O) groups excluding carboxylic acids is 1. The Morgan fingerprint density at radius 1 is 1.17 bits per heavy atom. The van der Waals surface area contributed by atoms with Gasteiger partial charge in [0, 0.05) is 17.8 Å². The second-order valence-electron chi connectivity index (χ2n) is 8.23. The first-order chi connectivity index (χ1) is 11.6. The summed E-state index contributed by atoms with van der Waals surface area (Å²) < 4.78 is 1.91. The molecule has 0 unspecified atom stereocenters. The van der Waals surface area contributed by atoms with Gasteiger partial charge >= 0.3 is 0 Å². The smallest absolute Gasteiger partial charge is 0.226 e. The number of amides is 1. The Bertz CT molecular complexity index is 777. The number of pyridine rings is 1. The van der Waals surface area contributed by atoms with E-state index in [9.17, 15) is 4.79 Å². The van der Waals surface area contributed by atoms with Crippen molar-refractivity contribution in [1.29, 1.82) is 0 Å². The van der Waals surface area contributed by atoms with Gasteiger partial charge in [-0.05, 0) is 68.4 Å². The second kappa shape index (κ2) is 5.22. The van der Waals surface area contributed by atoms with E-state index in [1.165, 1.54) is 19.3 Å². The van der Waals surface area contributed by atoms with E-state index in [2.05, 4.69) is 10.3 Å². The van der Waals surface area contributed by atoms with Crippen LogP contribution in [0.3, 0.4) is 0 Å². The third-order valence-electron chi connectivity index (χ3n) is 6.41. The fourth-order valence-electron chi connectivity index (χ4n) is 5.85. The zero-order chi connectivity index (χ0) is 16.3. The number of rotatable bonds is 3. The van der Waals surface area contributed by atoms with Crippen molar-refractivity contribution < 1.29 is 4.79 Å². The predicted octanol–water partition coefficient (Wildman–Crippen LogP) is 3.82. The number of imidazole rings is 1. The molecule has 4 nitrogen and oxygen atoms in total. The van der Waals surface area contributed by atoms with Crippen molar-refractivity contribution in [3.8, 4) is 0 Å². The molecule has 0 saturated heterocycles. The summed E-state index contributed by atoms with van der Waals surface area (Å²) in [7, 11) is 0. The molecular weight excluding hydrogens is 322 g/mol. The SMILES string of the molecule is O=C(NCc1cn2cc(Cl)ccc2n1)C12CC3CC(CC(C3)C1)C2. The van der Waals surface area contributed by atoms with E-state index in [0.29, 0.717) is 11.6 Å². The summed E-state index contributed by atoms with van der Waals surface area (Å²) in [6.45, 7) is 0.500. The number of nitrogens with zero attached hydrogens (tertiary/aromatic N) is 2. The average molecular weight is 344 g/mol. The van der Waals surface area contributed by atoms with Crippen molar-refractivity contribution in [2.45, 2.75) is 45.1 Å². The van der Waals surface area contributed by atoms with Gasteiger partial charge in [-0.3, -0.25) is 4.79 Å². The highest BCUT2D eigenvalue weighted by molar-refractivity contribution is 6.30. The first kappa shape index (κ1) is 14.8. The Morgan fingerprint density at radius 3 is 2.50 bits per heavy atom. The van der Waals surface area contributed by atoms with E-state index in [-0.39, 0.29) is 11.3 Å². The number of halogens is 1. The minimum absolute atomic E-state index is 0.0861. The van der Waals surface area contributed by atoms with Gasteiger partial charge in [0.25, 0.3) is 0 Å². The Hall–Kier alpha value is -1.55. The monoisotopic (exact) mass is 343 g/mol. The van der Waals surface area contributed by atoms with Crippen molar-refractivity contribution >= 4 is 23.2 Å². The van der Waals surface area contributed by atoms with Crippen molar-refractivity contribution in [3.63, 3.8) is 0 Å². The average Bonchev–Trinajstić information content (AvgIpc) is 2.93. The van der Waals surface area contributed by atoms with Crippen LogP contribution in [0.5, 0.6) is 0 Å². The molecule has 0 aromatic carbocycles. The minimum atomic E-state index is -0.0861. The van der Waals surface area contributed by atoms with E-state index < -0.39 is 0 Å². The molecule has 4 aliphatic rings. The number of hydrogen-bond acceptors (Lipinski definition) is 2. The lowest BCUT2D eigenvalue weighted by Crippen LogP contribution is -2.53. The molecule has 2 aromatic rings. The van der Waals surface area contributed by atoms with Crippen LogP contribution in [0.25, 0.3) is 5.65 Å². The van der Waals surface area contributed by atoms with Crippen molar-refractivity contribution in [2.75, 3.05) is 0 Å². The Balaban J connectivity index is 1.31. The van der Waals surface area contributed by atoms with Crippen LogP contribution in [-0.2, 0) is 11.3 Å². The van der Waals surface area contributed by atoms with Crippen LogP contribution in [0.2, 0.25) is 5.02 Å². The molecule has 24 heavy (non-hydrogen) atoms. The first-order valence-corrected chi connectivity index (χ1v) is 9.39. The van der Waals surface area contributed by atoms with E-state index in [0.717, 1.165) is 48.4 Å². The summed E-state index contributed by atoms with van der Waals surface area (Å²) in [6, 6.07) is 3.73. The van der Waals surface area contributed by atoms with E-state index >= 15 is 0 Å². The fraction of sp³-hybridized carbons (Fsp3) is 0.579. The van der Waals surface area contributed by atoms with Crippen LogP contribution in [-0.4, -0.2) is 15.3 Å². The molecule has 0 radical (unpaired) electrons. The topological polar surface area (TPSA) is 46.4 Å². The van der Waals surface area contributed by atoms with Crippen molar-refractivity contribution in [1.82, 2.24) is 14.7 Å². The van der Waals surface area contributed by atoms with Gasteiger partial charge in [0.15, 0.2) is 0 Å². The molecule has 0 atom stereocenters. The number of nitrogens with one attached hydrogen (secondary N) is 1. The molecule has 4 fully saturated rings. The number of hydrogen-bond donors (Lipinski definition) is 1. The molecule has 1 N–H and O–H groups in total. The van der Waals surface area contributed by atoms with Gasteiger partial charge in [-0.2, -0.15) is 0 Å². The summed E-state index contributed by atoms with van der Waals surface area (Å²) in [4.78, 5) is 17.5. The fourth-order valence-corrected chi connectivity index (χ4v) is 6.02. The highest BCUT2D eigenvalue weighted by atomic mass is 35.5. The molecule has 4 saturated carbocycles. The van der Waals surface area contributed by atoms with Gasteiger partial charge in [-0.15, -0.1) is 0 Å². The third kappa shape index (κ3) is 2.34. The molecule has 2 aromatic heterocycles. The Kier molecular flexibility index (Phi) is 3.21. The van der Waals surface area contributed by atoms with Crippen LogP contribution in [0.4, 0.5) is 0 Å². The maximum Gasteiger partial charge on any atom is 0.226 e. The Morgan fingerprint density at radius 2 is 1.83 bits per heavy atom. The van der Waals surface area contributed by atoms with Gasteiger partial charge in [-0.1, -0.05) is 11.6 Å². The third-order valence-corrected chi connectivity index (χ3v) is 6.64. The summed E-state index contributed by atoms with van der Waals surface area (Å²) in [5, 5.41) is 3.87. The molecule has 0 spiro atoms. The Labute approximate surface area is 146 Å². The van der Waals surface area contributed by atoms with E-state index in [1.54, 1.807) is 0 Å². The maximum atomic E-state index is 13.0. The summed E-state index contributed by atoms with van der Waals surface area (Å²) in [5.41, 5.74) is 1.66. The number of fused-ring (bicyclic) bond motifs is 1. The molecular formula is C19H22ClN3O. The lowest BCUT2D eigenvalue weighted by Gasteiger charge is -2.55. The van der Waals surface area contributed by atoms with Gasteiger partial charge in [0.05, 0.1) is 17.3 Å². The van der Waals surface area contributed by atoms with Gasteiger partial charge in [0.2, 0.25) is 5.91 Å². The summed E-state index contributed by atoms with van der Waals surface area (Å²) in [5.74, 6) is 2.63. The standard InChI is InChI=1S/C19H22ClN3O/c20-15-1-2-17-22-16(11-23(17)10-15)9-21-18(24)19-6-12-3-13(7-19)5-14(4-12)8-19/h1-2,10-14H,3-9H2,(H,21,24). The van der Waals surface area contributed by atoms with E-state index in [1.807, 2.05) is 28.9 Å². The molecule has 1 amide bonds. The minimum Gasteiger partial charge on any atom is -0.350 e.